The molecule has 1 atom stereocenters. The molecule has 1 aliphatic heterocycles. The van der Waals surface area contributed by atoms with Gasteiger partial charge < -0.3 is 25.1 Å². The highest BCUT2D eigenvalue weighted by atomic mass is 32.2. The Balaban J connectivity index is 1.54. The van der Waals surface area contributed by atoms with Crippen LogP contribution < -0.4 is 20.7 Å². The van der Waals surface area contributed by atoms with Crippen LogP contribution in [0.4, 0.5) is 11.4 Å². The SMILES string of the molecule is CCc1ccc(NC(=O)CSC2=C(C#N)C(c3ccco3)C(C(=O)Nc3ccc(OC)cc3)=C(C)N2)cc1. The Kier molecular flexibility index (Phi) is 8.56. The van der Waals surface area contributed by atoms with E-state index >= 15 is 0 Å². The van der Waals surface area contributed by atoms with Gasteiger partial charge in [0.25, 0.3) is 5.91 Å². The third kappa shape index (κ3) is 6.10. The van der Waals surface area contributed by atoms with E-state index in [1.807, 2.05) is 24.3 Å². The van der Waals surface area contributed by atoms with E-state index in [2.05, 4.69) is 28.9 Å². The molecule has 8 nitrogen and oxygen atoms in total. The molecule has 1 unspecified atom stereocenters. The van der Waals surface area contributed by atoms with Gasteiger partial charge in [0.15, 0.2) is 0 Å². The number of carbonyl (C=O) groups is 2. The van der Waals surface area contributed by atoms with E-state index in [9.17, 15) is 14.9 Å². The molecule has 0 aliphatic carbocycles. The maximum Gasteiger partial charge on any atom is 0.254 e. The van der Waals surface area contributed by atoms with Gasteiger partial charge in [0.2, 0.25) is 5.91 Å². The van der Waals surface area contributed by atoms with Gasteiger partial charge in [-0.3, -0.25) is 9.59 Å². The van der Waals surface area contributed by atoms with Crippen molar-refractivity contribution in [3.05, 3.63) is 100 Å². The summed E-state index contributed by atoms with van der Waals surface area (Å²) in [6.07, 6.45) is 2.43. The van der Waals surface area contributed by atoms with Crippen molar-refractivity contribution >= 4 is 35.0 Å². The number of dihydropyridines is 1. The molecule has 194 valence electrons. The molecule has 2 aromatic carbocycles. The van der Waals surface area contributed by atoms with Gasteiger partial charge in [0, 0.05) is 17.1 Å². The molecule has 0 spiro atoms. The monoisotopic (exact) mass is 528 g/mol. The first-order valence-corrected chi connectivity index (χ1v) is 13.0. The molecule has 3 aromatic rings. The van der Waals surface area contributed by atoms with Gasteiger partial charge in [0.1, 0.15) is 11.5 Å². The summed E-state index contributed by atoms with van der Waals surface area (Å²) in [6, 6.07) is 20.3. The highest BCUT2D eigenvalue weighted by molar-refractivity contribution is 8.03. The summed E-state index contributed by atoms with van der Waals surface area (Å²) < 4.78 is 10.8. The number of allylic oxidation sites excluding steroid dienone is 2. The minimum absolute atomic E-state index is 0.0780. The first-order valence-electron chi connectivity index (χ1n) is 12.1. The fourth-order valence-corrected chi connectivity index (χ4v) is 4.99. The fourth-order valence-electron chi connectivity index (χ4n) is 4.10. The Morgan fingerprint density at radius 3 is 2.37 bits per heavy atom. The number of benzene rings is 2. The van der Waals surface area contributed by atoms with Crippen molar-refractivity contribution in [3.63, 3.8) is 0 Å². The van der Waals surface area contributed by atoms with Crippen LogP contribution in [0.1, 0.15) is 31.1 Å². The van der Waals surface area contributed by atoms with Crippen LogP contribution in [0.25, 0.3) is 0 Å². The van der Waals surface area contributed by atoms with Gasteiger partial charge in [0.05, 0.1) is 47.3 Å². The Bertz CT molecular complexity index is 1400. The number of aryl methyl sites for hydroxylation is 1. The van der Waals surface area contributed by atoms with Gasteiger partial charge in [-0.1, -0.05) is 30.8 Å². The standard InChI is InChI=1S/C29H28N4O4S/c1-4-19-7-9-20(10-8-19)32-25(34)17-38-29-23(16-30)27(24-6-5-15-37-24)26(18(2)31-29)28(35)33-21-11-13-22(36-3)14-12-21/h5-15,27,31H,4,17H2,1-3H3,(H,32,34)(H,33,35). The lowest BCUT2D eigenvalue weighted by atomic mass is 9.85. The number of methoxy groups -OCH3 is 1. The smallest absolute Gasteiger partial charge is 0.254 e. The molecule has 0 fully saturated rings. The van der Waals surface area contributed by atoms with E-state index in [0.29, 0.717) is 44.8 Å². The number of thioether (sulfide) groups is 1. The second kappa shape index (κ2) is 12.2. The topological polar surface area (TPSA) is 116 Å². The summed E-state index contributed by atoms with van der Waals surface area (Å²) in [7, 11) is 1.57. The number of rotatable bonds is 9. The predicted octanol–water partition coefficient (Wildman–Crippen LogP) is 5.56. The third-order valence-corrected chi connectivity index (χ3v) is 7.08. The van der Waals surface area contributed by atoms with E-state index in [1.165, 1.54) is 23.6 Å². The molecule has 3 N–H and O–H groups in total. The lowest BCUT2D eigenvalue weighted by Gasteiger charge is -2.28. The van der Waals surface area contributed by atoms with Gasteiger partial charge >= 0.3 is 0 Å². The zero-order valence-electron chi connectivity index (χ0n) is 21.3. The molecule has 2 amide bonds. The van der Waals surface area contributed by atoms with E-state index < -0.39 is 5.92 Å². The summed E-state index contributed by atoms with van der Waals surface area (Å²) in [4.78, 5) is 26.1. The number of anilines is 2. The first-order chi connectivity index (χ1) is 18.4. The van der Waals surface area contributed by atoms with Crippen molar-refractivity contribution in [2.45, 2.75) is 26.2 Å². The summed E-state index contributed by atoms with van der Waals surface area (Å²) >= 11 is 1.20. The normalized spacial score (nSPS) is 14.9. The number of hydrogen-bond acceptors (Lipinski definition) is 7. The number of furan rings is 1. The largest absolute Gasteiger partial charge is 0.497 e. The van der Waals surface area contributed by atoms with Crippen molar-refractivity contribution in [2.75, 3.05) is 23.5 Å². The predicted molar refractivity (Wildman–Crippen MR) is 148 cm³/mol. The number of carbonyl (C=O) groups excluding carboxylic acids is 2. The van der Waals surface area contributed by atoms with E-state index in [0.717, 1.165) is 6.42 Å². The molecule has 0 radical (unpaired) electrons. The second-order valence-electron chi connectivity index (χ2n) is 8.54. The Labute approximate surface area is 225 Å². The molecular formula is C29H28N4O4S. The van der Waals surface area contributed by atoms with Crippen molar-refractivity contribution < 1.29 is 18.7 Å². The number of nitrogens with one attached hydrogen (secondary N) is 3. The number of hydrogen-bond donors (Lipinski definition) is 3. The Morgan fingerprint density at radius 1 is 1.08 bits per heavy atom. The molecule has 0 saturated carbocycles. The zero-order chi connectivity index (χ0) is 27.1. The average Bonchev–Trinajstić information content (AvgIpc) is 3.47. The summed E-state index contributed by atoms with van der Waals surface area (Å²) in [5, 5.41) is 19.6. The highest BCUT2D eigenvalue weighted by Crippen LogP contribution is 2.41. The summed E-state index contributed by atoms with van der Waals surface area (Å²) in [5.41, 5.74) is 3.70. The van der Waals surface area contributed by atoms with Crippen molar-refractivity contribution in [3.8, 4) is 11.8 Å². The molecule has 0 saturated heterocycles. The summed E-state index contributed by atoms with van der Waals surface area (Å²) in [5.74, 6) is -0.0991. The van der Waals surface area contributed by atoms with Gasteiger partial charge in [-0.15, -0.1) is 0 Å². The van der Waals surface area contributed by atoms with Crippen molar-refractivity contribution in [2.24, 2.45) is 0 Å². The molecule has 2 heterocycles. The van der Waals surface area contributed by atoms with Crippen molar-refractivity contribution in [1.82, 2.24) is 5.32 Å². The van der Waals surface area contributed by atoms with Crippen LogP contribution in [0.15, 0.2) is 93.2 Å². The van der Waals surface area contributed by atoms with Crippen LogP contribution in [0.3, 0.4) is 0 Å². The first kappa shape index (κ1) is 26.6. The summed E-state index contributed by atoms with van der Waals surface area (Å²) in [6.45, 7) is 3.84. The number of ether oxygens (including phenoxy) is 1. The van der Waals surface area contributed by atoms with Crippen LogP contribution in [-0.2, 0) is 16.0 Å². The third-order valence-electron chi connectivity index (χ3n) is 6.06. The Morgan fingerprint density at radius 2 is 1.76 bits per heavy atom. The molecule has 1 aromatic heterocycles. The van der Waals surface area contributed by atoms with Gasteiger partial charge in [-0.05, 0) is 67.4 Å². The maximum absolute atomic E-state index is 13.4. The van der Waals surface area contributed by atoms with E-state index in [4.69, 9.17) is 9.15 Å². The lowest BCUT2D eigenvalue weighted by Crippen LogP contribution is -2.31. The molecule has 0 bridgehead atoms. The maximum atomic E-state index is 13.4. The minimum atomic E-state index is -0.735. The number of nitrogens with zero attached hydrogens (tertiary/aromatic N) is 1. The van der Waals surface area contributed by atoms with Crippen LogP contribution in [0.5, 0.6) is 5.75 Å². The fraction of sp³-hybridized carbons (Fsp3) is 0.207. The highest BCUT2D eigenvalue weighted by Gasteiger charge is 2.36. The molecule has 9 heteroatoms. The molecule has 1 aliphatic rings. The van der Waals surface area contributed by atoms with Crippen LogP contribution in [0.2, 0.25) is 0 Å². The van der Waals surface area contributed by atoms with E-state index in [-0.39, 0.29) is 17.6 Å². The second-order valence-corrected chi connectivity index (χ2v) is 9.52. The van der Waals surface area contributed by atoms with E-state index in [1.54, 1.807) is 50.4 Å². The van der Waals surface area contributed by atoms with Crippen LogP contribution in [0, 0.1) is 11.3 Å². The Hall–Kier alpha value is -4.42. The minimum Gasteiger partial charge on any atom is -0.497 e. The quantitative estimate of drug-likeness (QED) is 0.333. The molecule has 4 rings (SSSR count). The number of amides is 2. The lowest BCUT2D eigenvalue weighted by molar-refractivity contribution is -0.114. The van der Waals surface area contributed by atoms with Crippen LogP contribution in [-0.4, -0.2) is 24.7 Å². The molecular weight excluding hydrogens is 500 g/mol. The number of nitriles is 1. The van der Waals surface area contributed by atoms with Gasteiger partial charge in [-0.25, -0.2) is 0 Å². The average molecular weight is 529 g/mol. The van der Waals surface area contributed by atoms with Gasteiger partial charge in [-0.2, -0.15) is 5.26 Å². The zero-order valence-corrected chi connectivity index (χ0v) is 22.1. The van der Waals surface area contributed by atoms with Crippen molar-refractivity contribution in [1.29, 1.82) is 5.26 Å². The van der Waals surface area contributed by atoms with Crippen LogP contribution >= 0.6 is 11.8 Å². The molecule has 38 heavy (non-hydrogen) atoms.